The number of nitrogens with zero attached hydrogens (tertiary/aromatic N) is 1. The highest BCUT2D eigenvalue weighted by atomic mass is 16.5. The summed E-state index contributed by atoms with van der Waals surface area (Å²) in [5.41, 5.74) is 10.0. The Kier molecular flexibility index (Phi) is 6.18. The summed E-state index contributed by atoms with van der Waals surface area (Å²) in [6, 6.07) is 37.4. The molecule has 0 unspecified atom stereocenters. The molecule has 0 radical (unpaired) electrons. The van der Waals surface area contributed by atoms with Gasteiger partial charge in [-0.15, -0.1) is 0 Å². The molecule has 0 aliphatic carbocycles. The minimum atomic E-state index is -0.363. The molecular formula is C36H27NO2. The second-order valence-electron chi connectivity index (χ2n) is 9.46. The van der Waals surface area contributed by atoms with Gasteiger partial charge in [-0.05, 0) is 69.8 Å². The van der Waals surface area contributed by atoms with Crippen molar-refractivity contribution >= 4 is 39.9 Å². The van der Waals surface area contributed by atoms with Crippen LogP contribution in [0.1, 0.15) is 21.5 Å². The molecule has 0 fully saturated rings. The maximum atomic E-state index is 12.7. The molecule has 0 amide bonds. The predicted octanol–water partition coefficient (Wildman–Crippen LogP) is 9.19. The van der Waals surface area contributed by atoms with Gasteiger partial charge in [0.15, 0.2) is 0 Å². The van der Waals surface area contributed by atoms with Crippen LogP contribution >= 0.6 is 0 Å². The smallest absolute Gasteiger partial charge is 0.339 e. The van der Waals surface area contributed by atoms with Gasteiger partial charge in [0.25, 0.3) is 0 Å². The molecule has 0 saturated heterocycles. The van der Waals surface area contributed by atoms with Crippen LogP contribution in [-0.4, -0.2) is 17.6 Å². The summed E-state index contributed by atoms with van der Waals surface area (Å²) in [5, 5.41) is 2.22. The number of benzene rings is 5. The van der Waals surface area contributed by atoms with E-state index in [2.05, 4.69) is 103 Å². The van der Waals surface area contributed by atoms with Gasteiger partial charge in [-0.2, -0.15) is 0 Å². The fourth-order valence-electron chi connectivity index (χ4n) is 5.22. The van der Waals surface area contributed by atoms with Crippen LogP contribution in [0.2, 0.25) is 0 Å². The highest BCUT2D eigenvalue weighted by molar-refractivity contribution is 6.12. The minimum absolute atomic E-state index is 0.363. The first-order chi connectivity index (χ1) is 19.1. The third-order valence-electron chi connectivity index (χ3n) is 7.27. The Morgan fingerprint density at radius 3 is 1.56 bits per heavy atom. The number of hydrogen-bond donors (Lipinski definition) is 0. The van der Waals surface area contributed by atoms with E-state index in [9.17, 15) is 4.79 Å². The minimum Gasteiger partial charge on any atom is -0.465 e. The number of fused-ring (bicyclic) bond motifs is 3. The molecule has 1 heterocycles. The van der Waals surface area contributed by atoms with Crippen LogP contribution in [0.25, 0.3) is 61.9 Å². The number of rotatable bonds is 6. The first-order valence-electron chi connectivity index (χ1n) is 12.8. The zero-order chi connectivity index (χ0) is 26.9. The van der Waals surface area contributed by atoms with E-state index in [0.717, 1.165) is 60.9 Å². The molecule has 188 valence electrons. The molecule has 0 spiro atoms. The van der Waals surface area contributed by atoms with Crippen molar-refractivity contribution in [3.8, 4) is 27.9 Å². The summed E-state index contributed by atoms with van der Waals surface area (Å²) in [4.78, 5) is 12.7. The summed E-state index contributed by atoms with van der Waals surface area (Å²) in [6.07, 6.45) is 3.70. The standard InChI is InChI=1S/C36H27NO2/c1-4-24-10-14-26(15-11-24)28-18-20-34-31(22-28)32-23-29(27-16-12-25(5-2)13-17-27)19-21-35(32)37(34)33-9-7-6-8-30(33)36(38)39-3/h4-23H,1-2H2,3H3. The number of para-hydroxylation sites is 1. The molecule has 1 aromatic heterocycles. The third kappa shape index (κ3) is 4.24. The molecule has 0 aliphatic rings. The van der Waals surface area contributed by atoms with Crippen LogP contribution < -0.4 is 0 Å². The maximum Gasteiger partial charge on any atom is 0.339 e. The van der Waals surface area contributed by atoms with Crippen molar-refractivity contribution in [2.75, 3.05) is 7.11 Å². The Hall–Kier alpha value is -5.15. The van der Waals surface area contributed by atoms with Crippen molar-refractivity contribution in [2.45, 2.75) is 0 Å². The lowest BCUT2D eigenvalue weighted by atomic mass is 9.99. The molecule has 3 heteroatoms. The SMILES string of the molecule is C=Cc1ccc(-c2ccc3c(c2)c2cc(-c4ccc(C=C)cc4)ccc2n3-c2ccccc2C(=O)OC)cc1. The molecule has 39 heavy (non-hydrogen) atoms. The Labute approximate surface area is 227 Å². The van der Waals surface area contributed by atoms with Crippen molar-refractivity contribution in [3.63, 3.8) is 0 Å². The lowest BCUT2D eigenvalue weighted by molar-refractivity contribution is 0.0601. The quantitative estimate of drug-likeness (QED) is 0.211. The average Bonchev–Trinajstić information content (AvgIpc) is 3.33. The van der Waals surface area contributed by atoms with Gasteiger partial charge in [-0.1, -0.05) is 98.1 Å². The van der Waals surface area contributed by atoms with Crippen LogP contribution in [0, 0.1) is 0 Å². The van der Waals surface area contributed by atoms with Crippen molar-refractivity contribution in [1.29, 1.82) is 0 Å². The van der Waals surface area contributed by atoms with Gasteiger partial charge in [0.2, 0.25) is 0 Å². The first kappa shape index (κ1) is 24.2. The van der Waals surface area contributed by atoms with E-state index in [4.69, 9.17) is 4.74 Å². The number of carbonyl (C=O) groups is 1. The second-order valence-corrected chi connectivity index (χ2v) is 9.46. The second kappa shape index (κ2) is 9.96. The fraction of sp³-hybridized carbons (Fsp3) is 0.0278. The van der Waals surface area contributed by atoms with E-state index in [1.165, 1.54) is 7.11 Å². The molecule has 6 rings (SSSR count). The van der Waals surface area contributed by atoms with Gasteiger partial charge >= 0.3 is 5.97 Å². The highest BCUT2D eigenvalue weighted by Gasteiger charge is 2.19. The predicted molar refractivity (Wildman–Crippen MR) is 163 cm³/mol. The van der Waals surface area contributed by atoms with Gasteiger partial charge in [0.05, 0.1) is 29.4 Å². The normalized spacial score (nSPS) is 11.0. The number of carbonyl (C=O) groups excluding carboxylic acids is 1. The third-order valence-corrected chi connectivity index (χ3v) is 7.27. The number of aromatic nitrogens is 1. The highest BCUT2D eigenvalue weighted by Crippen LogP contribution is 2.38. The molecule has 0 N–H and O–H groups in total. The lowest BCUT2D eigenvalue weighted by Crippen LogP contribution is -2.07. The van der Waals surface area contributed by atoms with Gasteiger partial charge in [0, 0.05) is 10.8 Å². The van der Waals surface area contributed by atoms with Gasteiger partial charge < -0.3 is 9.30 Å². The van der Waals surface area contributed by atoms with Crippen LogP contribution in [0.5, 0.6) is 0 Å². The van der Waals surface area contributed by atoms with Crippen molar-refractivity contribution in [1.82, 2.24) is 4.57 Å². The molecule has 0 bridgehead atoms. The van der Waals surface area contributed by atoms with Crippen molar-refractivity contribution < 1.29 is 9.53 Å². The van der Waals surface area contributed by atoms with E-state index in [0.29, 0.717) is 5.56 Å². The van der Waals surface area contributed by atoms with E-state index in [1.54, 1.807) is 0 Å². The van der Waals surface area contributed by atoms with Crippen LogP contribution in [0.3, 0.4) is 0 Å². The van der Waals surface area contributed by atoms with Gasteiger partial charge in [-0.3, -0.25) is 0 Å². The zero-order valence-electron chi connectivity index (χ0n) is 21.7. The van der Waals surface area contributed by atoms with Gasteiger partial charge in [-0.25, -0.2) is 4.79 Å². The molecule has 3 nitrogen and oxygen atoms in total. The Bertz CT molecular complexity index is 1760. The van der Waals surface area contributed by atoms with Crippen molar-refractivity contribution in [2.24, 2.45) is 0 Å². The van der Waals surface area contributed by atoms with E-state index >= 15 is 0 Å². The summed E-state index contributed by atoms with van der Waals surface area (Å²) in [6.45, 7) is 7.74. The molecule has 6 aromatic rings. The topological polar surface area (TPSA) is 31.2 Å². The zero-order valence-corrected chi connectivity index (χ0v) is 21.7. The summed E-state index contributed by atoms with van der Waals surface area (Å²) < 4.78 is 7.28. The number of ether oxygens (including phenoxy) is 1. The molecule has 0 atom stereocenters. The van der Waals surface area contributed by atoms with Gasteiger partial charge in [0.1, 0.15) is 0 Å². The summed E-state index contributed by atoms with van der Waals surface area (Å²) in [5.74, 6) is -0.363. The number of methoxy groups -OCH3 is 1. The van der Waals surface area contributed by atoms with E-state index in [-0.39, 0.29) is 5.97 Å². The summed E-state index contributed by atoms with van der Waals surface area (Å²) in [7, 11) is 1.42. The van der Waals surface area contributed by atoms with Crippen LogP contribution in [-0.2, 0) is 4.74 Å². The molecule has 0 aliphatic heterocycles. The maximum absolute atomic E-state index is 12.7. The number of esters is 1. The monoisotopic (exact) mass is 505 g/mol. The number of hydrogen-bond acceptors (Lipinski definition) is 2. The largest absolute Gasteiger partial charge is 0.465 e. The molecule has 0 saturated carbocycles. The van der Waals surface area contributed by atoms with Crippen LogP contribution in [0.4, 0.5) is 0 Å². The Morgan fingerprint density at radius 2 is 1.10 bits per heavy atom. The Balaban J connectivity index is 1.63. The Morgan fingerprint density at radius 1 is 0.641 bits per heavy atom. The molecular weight excluding hydrogens is 478 g/mol. The van der Waals surface area contributed by atoms with Crippen molar-refractivity contribution in [3.05, 3.63) is 139 Å². The summed E-state index contributed by atoms with van der Waals surface area (Å²) >= 11 is 0. The first-order valence-corrected chi connectivity index (χ1v) is 12.8. The molecule has 5 aromatic carbocycles. The van der Waals surface area contributed by atoms with E-state index < -0.39 is 0 Å². The van der Waals surface area contributed by atoms with E-state index in [1.807, 2.05) is 36.4 Å². The average molecular weight is 506 g/mol. The van der Waals surface area contributed by atoms with Crippen LogP contribution in [0.15, 0.2) is 122 Å². The lowest BCUT2D eigenvalue weighted by Gasteiger charge is -2.12. The fourth-order valence-corrected chi connectivity index (χ4v) is 5.22.